The number of phenolic OH excluding ortho intramolecular Hbond substituents is 2. The van der Waals surface area contributed by atoms with Crippen LogP contribution in [0.25, 0.3) is 0 Å². The molecule has 0 bridgehead atoms. The highest BCUT2D eigenvalue weighted by molar-refractivity contribution is 5.97. The molecular weight excluding hydrogens is 326 g/mol. The number of Topliss-reactive ketones (excluding diaryl/α,β-unsaturated/α-hetero) is 1. The van der Waals surface area contributed by atoms with E-state index >= 15 is 0 Å². The van der Waals surface area contributed by atoms with E-state index in [4.69, 9.17) is 4.74 Å². The molecule has 2 aliphatic rings. The lowest BCUT2D eigenvalue weighted by molar-refractivity contribution is -0.134. The Kier molecular flexibility index (Phi) is 4.02. The minimum Gasteiger partial charge on any atom is -0.507 e. The average Bonchev–Trinajstić information content (AvgIpc) is 2.88. The number of benzene rings is 1. The summed E-state index contributed by atoms with van der Waals surface area (Å²) in [6, 6.07) is 0.505. The van der Waals surface area contributed by atoms with E-state index in [1.807, 2.05) is 0 Å². The van der Waals surface area contributed by atoms with Crippen LogP contribution in [0.3, 0.4) is 0 Å². The first kappa shape index (κ1) is 17.0. The number of cyclic esters (lactones) is 1. The minimum atomic E-state index is -0.757. The van der Waals surface area contributed by atoms with Gasteiger partial charge in [-0.2, -0.15) is 0 Å². The van der Waals surface area contributed by atoms with E-state index in [1.54, 1.807) is 6.92 Å². The number of ether oxygens (including phenoxy) is 1. The van der Waals surface area contributed by atoms with Gasteiger partial charge in [0.25, 0.3) is 0 Å². The highest BCUT2D eigenvalue weighted by Gasteiger charge is 2.38. The first-order valence-corrected chi connectivity index (χ1v) is 8.01. The molecule has 25 heavy (non-hydrogen) atoms. The van der Waals surface area contributed by atoms with E-state index in [0.29, 0.717) is 17.5 Å². The van der Waals surface area contributed by atoms with Gasteiger partial charge >= 0.3 is 5.97 Å². The summed E-state index contributed by atoms with van der Waals surface area (Å²) in [5, 5.41) is 20.4. The van der Waals surface area contributed by atoms with E-state index in [-0.39, 0.29) is 41.7 Å². The van der Waals surface area contributed by atoms with Crippen LogP contribution >= 0.6 is 0 Å². The van der Waals surface area contributed by atoms with Crippen molar-refractivity contribution in [2.24, 2.45) is 0 Å². The highest BCUT2D eigenvalue weighted by atomic mass is 16.5. The van der Waals surface area contributed by atoms with Crippen LogP contribution in [0.15, 0.2) is 18.4 Å². The van der Waals surface area contributed by atoms with E-state index in [2.05, 4.69) is 6.58 Å². The Morgan fingerprint density at radius 2 is 2.04 bits per heavy atom. The fourth-order valence-corrected chi connectivity index (χ4v) is 3.52. The lowest BCUT2D eigenvalue weighted by Gasteiger charge is -2.30. The van der Waals surface area contributed by atoms with E-state index in [9.17, 15) is 24.6 Å². The molecule has 0 spiro atoms. The van der Waals surface area contributed by atoms with Gasteiger partial charge in [-0.25, -0.2) is 4.79 Å². The Morgan fingerprint density at radius 1 is 1.36 bits per heavy atom. The van der Waals surface area contributed by atoms with Crippen molar-refractivity contribution in [3.05, 3.63) is 35.1 Å². The molecule has 132 valence electrons. The number of phenols is 2. The number of hydrogen-bond donors (Lipinski definition) is 2. The number of rotatable bonds is 3. The molecule has 2 heterocycles. The van der Waals surface area contributed by atoms with Crippen LogP contribution in [0.2, 0.25) is 0 Å². The third-order valence-corrected chi connectivity index (χ3v) is 4.90. The molecule has 0 unspecified atom stereocenters. The minimum absolute atomic E-state index is 0.0254. The maximum Gasteiger partial charge on any atom is 0.347 e. The van der Waals surface area contributed by atoms with Crippen LogP contribution in [0.1, 0.15) is 54.1 Å². The van der Waals surface area contributed by atoms with Gasteiger partial charge in [-0.15, -0.1) is 0 Å². The predicted molar refractivity (Wildman–Crippen MR) is 87.0 cm³/mol. The van der Waals surface area contributed by atoms with Crippen LogP contribution < -0.4 is 0 Å². The average molecular weight is 345 g/mol. The molecule has 7 nitrogen and oxygen atoms in total. The van der Waals surface area contributed by atoms with Crippen LogP contribution in [-0.4, -0.2) is 38.8 Å². The molecule has 1 fully saturated rings. The van der Waals surface area contributed by atoms with Gasteiger partial charge in [-0.3, -0.25) is 9.59 Å². The molecule has 1 saturated heterocycles. The number of ketones is 1. The van der Waals surface area contributed by atoms with E-state index in [1.165, 1.54) is 11.8 Å². The molecule has 0 radical (unpaired) electrons. The van der Waals surface area contributed by atoms with Crippen LogP contribution in [0.4, 0.5) is 0 Å². The number of allylic oxidation sites excluding steroid dienone is 1. The highest BCUT2D eigenvalue weighted by Crippen LogP contribution is 2.44. The van der Waals surface area contributed by atoms with Crippen molar-refractivity contribution in [3.8, 4) is 11.5 Å². The lowest BCUT2D eigenvalue weighted by atomic mass is 9.86. The Hall–Kier alpha value is -2.83. The summed E-state index contributed by atoms with van der Waals surface area (Å²) < 4.78 is 5.04. The molecule has 0 aliphatic carbocycles. The van der Waals surface area contributed by atoms with Crippen molar-refractivity contribution in [2.75, 3.05) is 0 Å². The summed E-state index contributed by atoms with van der Waals surface area (Å²) in [5.41, 5.74) is 0.652. The zero-order chi connectivity index (χ0) is 18.5. The summed E-state index contributed by atoms with van der Waals surface area (Å²) in [5.74, 6) is -1.98. The van der Waals surface area contributed by atoms with E-state index in [0.717, 1.165) is 6.07 Å². The third-order valence-electron chi connectivity index (χ3n) is 4.90. The van der Waals surface area contributed by atoms with Crippen molar-refractivity contribution in [1.82, 2.24) is 4.90 Å². The number of hydrogen-bond acceptors (Lipinski definition) is 6. The molecule has 0 aromatic heterocycles. The summed E-state index contributed by atoms with van der Waals surface area (Å²) in [4.78, 5) is 37.5. The van der Waals surface area contributed by atoms with Crippen LogP contribution in [-0.2, 0) is 20.9 Å². The van der Waals surface area contributed by atoms with E-state index < -0.39 is 23.7 Å². The Bertz CT molecular complexity index is 812. The van der Waals surface area contributed by atoms with Gasteiger partial charge in [-0.1, -0.05) is 13.5 Å². The van der Waals surface area contributed by atoms with Gasteiger partial charge in [0.2, 0.25) is 5.91 Å². The quantitative estimate of drug-likeness (QED) is 0.812. The molecule has 2 aliphatic heterocycles. The summed E-state index contributed by atoms with van der Waals surface area (Å²) in [7, 11) is 0. The number of esters is 1. The molecule has 3 rings (SSSR count). The monoisotopic (exact) mass is 345 g/mol. The number of likely N-dealkylation sites (tertiary alicyclic amines) is 1. The summed E-state index contributed by atoms with van der Waals surface area (Å²) >= 11 is 0. The van der Waals surface area contributed by atoms with Crippen LogP contribution in [0, 0.1) is 0 Å². The van der Waals surface area contributed by atoms with Crippen molar-refractivity contribution < 1.29 is 29.3 Å². The molecule has 2 N–H and O–H groups in total. The Balaban J connectivity index is 2.12. The standard InChI is InChI=1S/C18H19NO6/c1-8-10(3)25-18(24)17-14(22)6-13(21)11(16(8)17)7-19-12(9(2)20)4-5-15(19)23/h6,8,12,21-22H,3-5,7H2,1-2H3/t8-,12-/m1/s1. The molecule has 2 atom stereocenters. The molecule has 0 saturated carbocycles. The largest absolute Gasteiger partial charge is 0.507 e. The third kappa shape index (κ3) is 2.65. The maximum atomic E-state index is 12.2. The normalized spacial score (nSPS) is 22.8. The van der Waals surface area contributed by atoms with Crippen molar-refractivity contribution in [3.63, 3.8) is 0 Å². The SMILES string of the molecule is C=C1OC(=O)c2c(O)cc(O)c(CN3C(=O)CC[C@@H]3C(C)=O)c2[C@@H]1C. The fraction of sp³-hybridized carbons (Fsp3) is 0.389. The van der Waals surface area contributed by atoms with Gasteiger partial charge in [0.15, 0.2) is 5.78 Å². The van der Waals surface area contributed by atoms with Crippen molar-refractivity contribution in [1.29, 1.82) is 0 Å². The molecule has 7 heteroatoms. The van der Waals surface area contributed by atoms with Gasteiger partial charge < -0.3 is 19.8 Å². The van der Waals surface area contributed by atoms with Crippen molar-refractivity contribution in [2.45, 2.75) is 45.2 Å². The second-order valence-corrected chi connectivity index (χ2v) is 6.45. The van der Waals surface area contributed by atoms with Crippen LogP contribution in [0.5, 0.6) is 11.5 Å². The smallest absolute Gasteiger partial charge is 0.347 e. The molecule has 1 aromatic rings. The first-order valence-electron chi connectivity index (χ1n) is 8.01. The summed E-state index contributed by atoms with van der Waals surface area (Å²) in [6.45, 7) is 6.82. The van der Waals surface area contributed by atoms with Crippen molar-refractivity contribution >= 4 is 17.7 Å². The number of nitrogens with zero attached hydrogens (tertiary/aromatic N) is 1. The predicted octanol–water partition coefficient (Wildman–Crippen LogP) is 1.97. The number of carbonyl (C=O) groups is 3. The van der Waals surface area contributed by atoms with Gasteiger partial charge in [0.05, 0.1) is 12.6 Å². The first-order chi connectivity index (χ1) is 11.7. The van der Waals surface area contributed by atoms with Gasteiger partial charge in [0, 0.05) is 24.0 Å². The van der Waals surface area contributed by atoms with Gasteiger partial charge in [0.1, 0.15) is 22.8 Å². The molecule has 1 amide bonds. The number of fused-ring (bicyclic) bond motifs is 1. The second-order valence-electron chi connectivity index (χ2n) is 6.45. The topological polar surface area (TPSA) is 104 Å². The number of carbonyl (C=O) groups excluding carboxylic acids is 3. The van der Waals surface area contributed by atoms with Gasteiger partial charge in [-0.05, 0) is 18.9 Å². The zero-order valence-electron chi connectivity index (χ0n) is 14.0. The molecular formula is C18H19NO6. The lowest BCUT2D eigenvalue weighted by Crippen LogP contribution is -2.37. The Labute approximate surface area is 144 Å². The maximum absolute atomic E-state index is 12.2. The zero-order valence-corrected chi connectivity index (χ0v) is 14.0. The second kappa shape index (κ2) is 5.91. The molecule has 1 aromatic carbocycles. The number of aromatic hydroxyl groups is 2. The Morgan fingerprint density at radius 3 is 2.68 bits per heavy atom. The fourth-order valence-electron chi connectivity index (χ4n) is 3.52. The number of amides is 1. The summed E-state index contributed by atoms with van der Waals surface area (Å²) in [6.07, 6.45) is 0.690.